The van der Waals surface area contributed by atoms with E-state index < -0.39 is 0 Å². The van der Waals surface area contributed by atoms with Crippen molar-refractivity contribution in [2.45, 2.75) is 38.8 Å². The first-order valence-corrected chi connectivity index (χ1v) is 7.86. The van der Waals surface area contributed by atoms with E-state index in [9.17, 15) is 9.59 Å². The van der Waals surface area contributed by atoms with Crippen molar-refractivity contribution in [3.8, 4) is 6.07 Å². The van der Waals surface area contributed by atoms with Gasteiger partial charge < -0.3 is 15.5 Å². The molecule has 0 atom stereocenters. The zero-order chi connectivity index (χ0) is 16.8. The lowest BCUT2D eigenvalue weighted by atomic mass is 10.0. The first kappa shape index (κ1) is 16.8. The number of carbonyl (C=O) groups excluding carboxylic acids is 2. The Morgan fingerprint density at radius 1 is 1.30 bits per heavy atom. The molecule has 23 heavy (non-hydrogen) atoms. The van der Waals surface area contributed by atoms with Crippen molar-refractivity contribution in [2.24, 2.45) is 0 Å². The average molecular weight is 314 g/mol. The Balaban J connectivity index is 1.87. The second-order valence-electron chi connectivity index (χ2n) is 6.03. The maximum atomic E-state index is 12.5. The van der Waals surface area contributed by atoms with Crippen LogP contribution in [-0.2, 0) is 0 Å². The summed E-state index contributed by atoms with van der Waals surface area (Å²) in [6.45, 7) is 5.02. The fourth-order valence-electron chi connectivity index (χ4n) is 2.62. The fourth-order valence-corrected chi connectivity index (χ4v) is 2.62. The SMILES string of the molecule is CC(C)NC(=O)NC1CCN(C(=O)c2cccc(C#N)c2)CC1. The largest absolute Gasteiger partial charge is 0.338 e. The van der Waals surface area contributed by atoms with Crippen LogP contribution < -0.4 is 10.6 Å². The Labute approximate surface area is 136 Å². The summed E-state index contributed by atoms with van der Waals surface area (Å²) < 4.78 is 0. The topological polar surface area (TPSA) is 85.2 Å². The van der Waals surface area contributed by atoms with E-state index in [4.69, 9.17) is 5.26 Å². The summed E-state index contributed by atoms with van der Waals surface area (Å²) >= 11 is 0. The molecule has 2 rings (SSSR count). The highest BCUT2D eigenvalue weighted by molar-refractivity contribution is 5.94. The minimum atomic E-state index is -0.161. The summed E-state index contributed by atoms with van der Waals surface area (Å²) in [6, 6.07) is 8.81. The van der Waals surface area contributed by atoms with E-state index in [1.807, 2.05) is 19.9 Å². The van der Waals surface area contributed by atoms with Gasteiger partial charge in [0, 0.05) is 30.7 Å². The molecule has 2 N–H and O–H groups in total. The number of nitriles is 1. The maximum absolute atomic E-state index is 12.5. The van der Waals surface area contributed by atoms with Gasteiger partial charge in [-0.1, -0.05) is 6.07 Å². The summed E-state index contributed by atoms with van der Waals surface area (Å²) in [4.78, 5) is 25.9. The lowest BCUT2D eigenvalue weighted by Gasteiger charge is -2.32. The van der Waals surface area contributed by atoms with Crippen molar-refractivity contribution in [1.29, 1.82) is 5.26 Å². The lowest BCUT2D eigenvalue weighted by molar-refractivity contribution is 0.0708. The molecule has 6 nitrogen and oxygen atoms in total. The first-order chi connectivity index (χ1) is 11.0. The Kier molecular flexibility index (Phi) is 5.58. The van der Waals surface area contributed by atoms with E-state index >= 15 is 0 Å². The zero-order valence-electron chi connectivity index (χ0n) is 13.5. The van der Waals surface area contributed by atoms with E-state index in [0.29, 0.717) is 24.2 Å². The van der Waals surface area contributed by atoms with Crippen LogP contribution in [0.1, 0.15) is 42.6 Å². The predicted molar refractivity (Wildman–Crippen MR) is 86.9 cm³/mol. The smallest absolute Gasteiger partial charge is 0.315 e. The van der Waals surface area contributed by atoms with E-state index in [2.05, 4.69) is 10.6 Å². The van der Waals surface area contributed by atoms with Crippen molar-refractivity contribution in [3.63, 3.8) is 0 Å². The Morgan fingerprint density at radius 2 is 2.00 bits per heavy atom. The normalized spacial score (nSPS) is 15.1. The van der Waals surface area contributed by atoms with Crippen molar-refractivity contribution in [2.75, 3.05) is 13.1 Å². The zero-order valence-corrected chi connectivity index (χ0v) is 13.5. The van der Waals surface area contributed by atoms with Crippen LogP contribution >= 0.6 is 0 Å². The van der Waals surface area contributed by atoms with Gasteiger partial charge in [0.15, 0.2) is 0 Å². The van der Waals surface area contributed by atoms with Crippen LogP contribution in [0.25, 0.3) is 0 Å². The molecule has 0 aromatic heterocycles. The van der Waals surface area contributed by atoms with Gasteiger partial charge in [-0.2, -0.15) is 5.26 Å². The van der Waals surface area contributed by atoms with E-state index in [-0.39, 0.29) is 24.0 Å². The van der Waals surface area contributed by atoms with Gasteiger partial charge in [-0.25, -0.2) is 4.79 Å². The summed E-state index contributed by atoms with van der Waals surface area (Å²) in [6.07, 6.45) is 1.46. The number of hydrogen-bond donors (Lipinski definition) is 2. The van der Waals surface area contributed by atoms with Gasteiger partial charge in [0.25, 0.3) is 5.91 Å². The molecule has 0 bridgehead atoms. The van der Waals surface area contributed by atoms with Gasteiger partial charge in [-0.05, 0) is 44.9 Å². The number of urea groups is 1. The lowest BCUT2D eigenvalue weighted by Crippen LogP contribution is -2.50. The summed E-state index contributed by atoms with van der Waals surface area (Å²) in [5.74, 6) is -0.0628. The monoisotopic (exact) mass is 314 g/mol. The highest BCUT2D eigenvalue weighted by Gasteiger charge is 2.24. The van der Waals surface area contributed by atoms with E-state index in [1.165, 1.54) is 0 Å². The molecule has 1 aromatic rings. The summed E-state index contributed by atoms with van der Waals surface area (Å²) in [7, 11) is 0. The van der Waals surface area contributed by atoms with Crippen molar-refractivity contribution in [1.82, 2.24) is 15.5 Å². The standard InChI is InChI=1S/C17H22N4O2/c1-12(2)19-17(23)20-15-6-8-21(9-7-15)16(22)14-5-3-4-13(10-14)11-18/h3-5,10,12,15H,6-9H2,1-2H3,(H2,19,20,23). The molecule has 0 spiro atoms. The predicted octanol–water partition coefficient (Wildman–Crippen LogP) is 1.87. The molecule has 1 aromatic carbocycles. The molecule has 0 aliphatic carbocycles. The van der Waals surface area contributed by atoms with E-state index in [0.717, 1.165) is 12.8 Å². The van der Waals surface area contributed by atoms with Gasteiger partial charge >= 0.3 is 6.03 Å². The molecule has 1 saturated heterocycles. The second kappa shape index (κ2) is 7.63. The van der Waals surface area contributed by atoms with Crippen LogP contribution in [-0.4, -0.2) is 42.0 Å². The summed E-state index contributed by atoms with van der Waals surface area (Å²) in [5.41, 5.74) is 1.02. The van der Waals surface area contributed by atoms with Crippen LogP contribution in [0.4, 0.5) is 4.79 Å². The third kappa shape index (κ3) is 4.71. The van der Waals surface area contributed by atoms with Crippen molar-refractivity contribution < 1.29 is 9.59 Å². The number of piperidine rings is 1. The van der Waals surface area contributed by atoms with Crippen LogP contribution in [0, 0.1) is 11.3 Å². The van der Waals surface area contributed by atoms with Crippen LogP contribution in [0.2, 0.25) is 0 Å². The third-order valence-corrected chi connectivity index (χ3v) is 3.78. The van der Waals surface area contributed by atoms with Gasteiger partial charge in [0.05, 0.1) is 11.6 Å². The average Bonchev–Trinajstić information content (AvgIpc) is 2.54. The van der Waals surface area contributed by atoms with Crippen LogP contribution in [0.15, 0.2) is 24.3 Å². The molecule has 122 valence electrons. The third-order valence-electron chi connectivity index (χ3n) is 3.78. The van der Waals surface area contributed by atoms with Gasteiger partial charge in [-0.15, -0.1) is 0 Å². The van der Waals surface area contributed by atoms with Gasteiger partial charge in [0.1, 0.15) is 0 Å². The molecule has 1 fully saturated rings. The van der Waals surface area contributed by atoms with Gasteiger partial charge in [0.2, 0.25) is 0 Å². The Bertz CT molecular complexity index is 613. The van der Waals surface area contributed by atoms with Gasteiger partial charge in [-0.3, -0.25) is 4.79 Å². The molecule has 0 unspecified atom stereocenters. The number of benzene rings is 1. The quantitative estimate of drug-likeness (QED) is 0.893. The number of likely N-dealkylation sites (tertiary alicyclic amines) is 1. The molecule has 0 saturated carbocycles. The number of nitrogens with zero attached hydrogens (tertiary/aromatic N) is 2. The molecule has 1 aliphatic rings. The molecular weight excluding hydrogens is 292 g/mol. The minimum Gasteiger partial charge on any atom is -0.338 e. The first-order valence-electron chi connectivity index (χ1n) is 7.86. The number of nitrogens with one attached hydrogen (secondary N) is 2. The fraction of sp³-hybridized carbons (Fsp3) is 0.471. The molecule has 3 amide bonds. The molecule has 1 aliphatic heterocycles. The second-order valence-corrected chi connectivity index (χ2v) is 6.03. The summed E-state index contributed by atoms with van der Waals surface area (Å²) in [5, 5.41) is 14.7. The van der Waals surface area contributed by atoms with Crippen LogP contribution in [0.3, 0.4) is 0 Å². The van der Waals surface area contributed by atoms with Crippen molar-refractivity contribution >= 4 is 11.9 Å². The Hall–Kier alpha value is -2.55. The molecule has 6 heteroatoms. The maximum Gasteiger partial charge on any atom is 0.315 e. The minimum absolute atomic E-state index is 0.0628. The molecule has 0 radical (unpaired) electrons. The molecule has 1 heterocycles. The highest BCUT2D eigenvalue weighted by atomic mass is 16.2. The highest BCUT2D eigenvalue weighted by Crippen LogP contribution is 2.15. The van der Waals surface area contributed by atoms with Crippen LogP contribution in [0.5, 0.6) is 0 Å². The molecular formula is C17H22N4O2. The van der Waals surface area contributed by atoms with Crippen molar-refractivity contribution in [3.05, 3.63) is 35.4 Å². The Morgan fingerprint density at radius 3 is 2.61 bits per heavy atom. The van der Waals surface area contributed by atoms with E-state index in [1.54, 1.807) is 29.2 Å². The number of rotatable bonds is 3. The number of carbonyl (C=O) groups is 2. The number of amides is 3. The number of hydrogen-bond acceptors (Lipinski definition) is 3.